The number of nitrogens with one attached hydrogen (secondary N) is 1. The number of anilines is 1. The van der Waals surface area contributed by atoms with Crippen LogP contribution in [0, 0.1) is 6.92 Å². The van der Waals surface area contributed by atoms with Crippen LogP contribution in [0.25, 0.3) is 0 Å². The molecule has 19 heavy (non-hydrogen) atoms. The fourth-order valence-corrected chi connectivity index (χ4v) is 2.70. The predicted octanol–water partition coefficient (Wildman–Crippen LogP) is 4.24. The van der Waals surface area contributed by atoms with E-state index in [1.54, 1.807) is 0 Å². The van der Waals surface area contributed by atoms with Crippen LogP contribution < -0.4 is 10.1 Å². The van der Waals surface area contributed by atoms with Gasteiger partial charge in [-0.3, -0.25) is 0 Å². The van der Waals surface area contributed by atoms with Gasteiger partial charge in [0.25, 0.3) is 0 Å². The SMILES string of the molecule is Cc1ccc(NCC2COc3ccccc32)c(Cl)c1. The molecule has 3 rings (SSSR count). The molecule has 0 aromatic heterocycles. The zero-order valence-electron chi connectivity index (χ0n) is 10.8. The number of hydrogen-bond donors (Lipinski definition) is 1. The van der Waals surface area contributed by atoms with Crippen molar-refractivity contribution >= 4 is 17.3 Å². The van der Waals surface area contributed by atoms with E-state index in [2.05, 4.69) is 23.5 Å². The van der Waals surface area contributed by atoms with Crippen LogP contribution in [0.1, 0.15) is 17.0 Å². The first-order valence-corrected chi connectivity index (χ1v) is 6.83. The summed E-state index contributed by atoms with van der Waals surface area (Å²) in [7, 11) is 0. The normalized spacial score (nSPS) is 16.8. The number of fused-ring (bicyclic) bond motifs is 1. The van der Waals surface area contributed by atoms with Gasteiger partial charge in [0.05, 0.1) is 17.3 Å². The van der Waals surface area contributed by atoms with Crippen molar-refractivity contribution < 1.29 is 4.74 Å². The van der Waals surface area contributed by atoms with Crippen LogP contribution >= 0.6 is 11.6 Å². The summed E-state index contributed by atoms with van der Waals surface area (Å²) in [4.78, 5) is 0. The van der Waals surface area contributed by atoms with Crippen molar-refractivity contribution in [2.24, 2.45) is 0 Å². The number of benzene rings is 2. The molecular weight excluding hydrogens is 258 g/mol. The molecule has 0 saturated carbocycles. The smallest absolute Gasteiger partial charge is 0.122 e. The number of ether oxygens (including phenoxy) is 1. The van der Waals surface area contributed by atoms with Gasteiger partial charge in [0.2, 0.25) is 0 Å². The molecule has 1 N–H and O–H groups in total. The highest BCUT2D eigenvalue weighted by Gasteiger charge is 2.23. The van der Waals surface area contributed by atoms with Gasteiger partial charge in [0.15, 0.2) is 0 Å². The van der Waals surface area contributed by atoms with Crippen molar-refractivity contribution in [2.75, 3.05) is 18.5 Å². The molecule has 0 spiro atoms. The Balaban J connectivity index is 1.71. The summed E-state index contributed by atoms with van der Waals surface area (Å²) in [6, 6.07) is 14.3. The van der Waals surface area contributed by atoms with Crippen molar-refractivity contribution in [2.45, 2.75) is 12.8 Å². The van der Waals surface area contributed by atoms with E-state index in [1.165, 1.54) is 11.1 Å². The Morgan fingerprint density at radius 1 is 1.26 bits per heavy atom. The number of halogens is 1. The average molecular weight is 274 g/mol. The maximum Gasteiger partial charge on any atom is 0.122 e. The molecule has 0 fully saturated rings. The van der Waals surface area contributed by atoms with Crippen LogP contribution in [0.2, 0.25) is 5.02 Å². The van der Waals surface area contributed by atoms with Gasteiger partial charge in [-0.05, 0) is 30.7 Å². The van der Waals surface area contributed by atoms with Crippen molar-refractivity contribution in [1.82, 2.24) is 0 Å². The van der Waals surface area contributed by atoms with Crippen LogP contribution in [-0.2, 0) is 0 Å². The minimum atomic E-state index is 0.383. The second-order valence-electron chi connectivity index (χ2n) is 4.91. The Morgan fingerprint density at radius 3 is 2.95 bits per heavy atom. The highest BCUT2D eigenvalue weighted by molar-refractivity contribution is 6.33. The van der Waals surface area contributed by atoms with E-state index >= 15 is 0 Å². The van der Waals surface area contributed by atoms with E-state index in [4.69, 9.17) is 16.3 Å². The second kappa shape index (κ2) is 5.14. The minimum Gasteiger partial charge on any atom is -0.493 e. The van der Waals surface area contributed by atoms with E-state index < -0.39 is 0 Å². The predicted molar refractivity (Wildman–Crippen MR) is 79.4 cm³/mol. The van der Waals surface area contributed by atoms with Crippen molar-refractivity contribution in [1.29, 1.82) is 0 Å². The van der Waals surface area contributed by atoms with E-state index in [0.717, 1.165) is 29.6 Å². The Hall–Kier alpha value is -1.67. The lowest BCUT2D eigenvalue weighted by Gasteiger charge is -2.13. The molecule has 1 unspecified atom stereocenters. The Bertz CT molecular complexity index is 597. The van der Waals surface area contributed by atoms with Gasteiger partial charge < -0.3 is 10.1 Å². The summed E-state index contributed by atoms with van der Waals surface area (Å²) in [5.74, 6) is 1.39. The molecule has 0 amide bonds. The molecule has 1 atom stereocenters. The minimum absolute atomic E-state index is 0.383. The Kier molecular flexibility index (Phi) is 3.34. The topological polar surface area (TPSA) is 21.3 Å². The molecule has 0 saturated heterocycles. The molecule has 2 nitrogen and oxygen atoms in total. The van der Waals surface area contributed by atoms with Crippen LogP contribution in [0.5, 0.6) is 5.75 Å². The molecule has 98 valence electrons. The molecule has 2 aromatic carbocycles. The van der Waals surface area contributed by atoms with E-state index in [1.807, 2.05) is 31.2 Å². The van der Waals surface area contributed by atoms with Crippen molar-refractivity contribution in [3.05, 3.63) is 58.6 Å². The van der Waals surface area contributed by atoms with Crippen molar-refractivity contribution in [3.63, 3.8) is 0 Å². The molecule has 2 aromatic rings. The fourth-order valence-electron chi connectivity index (χ4n) is 2.39. The highest BCUT2D eigenvalue weighted by atomic mass is 35.5. The lowest BCUT2D eigenvalue weighted by Crippen LogP contribution is -2.14. The third-order valence-electron chi connectivity index (χ3n) is 3.46. The number of rotatable bonds is 3. The molecule has 3 heteroatoms. The van der Waals surface area contributed by atoms with Crippen LogP contribution in [-0.4, -0.2) is 13.2 Å². The molecular formula is C16H16ClNO. The van der Waals surface area contributed by atoms with E-state index in [-0.39, 0.29) is 0 Å². The molecule has 1 heterocycles. The fraction of sp³-hybridized carbons (Fsp3) is 0.250. The molecule has 1 aliphatic rings. The third kappa shape index (κ3) is 2.54. The van der Waals surface area contributed by atoms with Crippen LogP contribution in [0.4, 0.5) is 5.69 Å². The average Bonchev–Trinajstić information content (AvgIpc) is 2.81. The van der Waals surface area contributed by atoms with Gasteiger partial charge in [0, 0.05) is 18.0 Å². The number of para-hydroxylation sites is 1. The van der Waals surface area contributed by atoms with Crippen LogP contribution in [0.3, 0.4) is 0 Å². The first kappa shape index (κ1) is 12.4. The summed E-state index contributed by atoms with van der Waals surface area (Å²) in [5, 5.41) is 4.18. The summed E-state index contributed by atoms with van der Waals surface area (Å²) >= 11 is 6.22. The molecule has 0 aliphatic carbocycles. The molecule has 1 aliphatic heterocycles. The summed E-state index contributed by atoms with van der Waals surface area (Å²) in [5.41, 5.74) is 3.43. The monoisotopic (exact) mass is 273 g/mol. The zero-order chi connectivity index (χ0) is 13.2. The van der Waals surface area contributed by atoms with Crippen LogP contribution in [0.15, 0.2) is 42.5 Å². The van der Waals surface area contributed by atoms with Crippen molar-refractivity contribution in [3.8, 4) is 5.75 Å². The summed E-state index contributed by atoms with van der Waals surface area (Å²) in [6.45, 7) is 3.60. The van der Waals surface area contributed by atoms with Gasteiger partial charge in [-0.1, -0.05) is 35.9 Å². The van der Waals surface area contributed by atoms with E-state index in [0.29, 0.717) is 5.92 Å². The molecule has 0 bridgehead atoms. The summed E-state index contributed by atoms with van der Waals surface area (Å²) in [6.07, 6.45) is 0. The highest BCUT2D eigenvalue weighted by Crippen LogP contribution is 2.34. The zero-order valence-corrected chi connectivity index (χ0v) is 11.6. The Morgan fingerprint density at radius 2 is 2.11 bits per heavy atom. The van der Waals surface area contributed by atoms with Gasteiger partial charge in [-0.25, -0.2) is 0 Å². The van der Waals surface area contributed by atoms with E-state index in [9.17, 15) is 0 Å². The second-order valence-corrected chi connectivity index (χ2v) is 5.32. The van der Waals surface area contributed by atoms with Gasteiger partial charge in [-0.15, -0.1) is 0 Å². The lowest BCUT2D eigenvalue weighted by atomic mass is 10.0. The first-order chi connectivity index (χ1) is 9.24. The number of aryl methyl sites for hydroxylation is 1. The number of hydrogen-bond acceptors (Lipinski definition) is 2. The standard InChI is InChI=1S/C16H16ClNO/c1-11-6-7-15(14(17)8-11)18-9-12-10-19-16-5-3-2-4-13(12)16/h2-8,12,18H,9-10H2,1H3. The lowest BCUT2D eigenvalue weighted by molar-refractivity contribution is 0.334. The maximum atomic E-state index is 6.22. The Labute approximate surface area is 118 Å². The van der Waals surface area contributed by atoms with Gasteiger partial charge >= 0.3 is 0 Å². The first-order valence-electron chi connectivity index (χ1n) is 6.46. The summed E-state index contributed by atoms with van der Waals surface area (Å²) < 4.78 is 5.68. The van der Waals surface area contributed by atoms with Gasteiger partial charge in [0.1, 0.15) is 5.75 Å². The largest absolute Gasteiger partial charge is 0.493 e. The quantitative estimate of drug-likeness (QED) is 0.903. The third-order valence-corrected chi connectivity index (χ3v) is 3.78. The molecule has 0 radical (unpaired) electrons. The maximum absolute atomic E-state index is 6.22. The van der Waals surface area contributed by atoms with Gasteiger partial charge in [-0.2, -0.15) is 0 Å².